The Hall–Kier alpha value is -4.37. The molecule has 10 heteroatoms. The average Bonchev–Trinajstić information content (AvgIpc) is 3.02. The highest BCUT2D eigenvalue weighted by Gasteiger charge is 2.31. The van der Waals surface area contributed by atoms with Crippen molar-refractivity contribution in [3.63, 3.8) is 0 Å². The van der Waals surface area contributed by atoms with Crippen LogP contribution in [0.3, 0.4) is 0 Å². The van der Waals surface area contributed by atoms with Gasteiger partial charge in [-0.25, -0.2) is 4.39 Å². The molecule has 4 aromatic carbocycles. The SMILES string of the molecule is O=C(NC(Cc1ccc(-c2ccc(F)c(Cl)c2)cc1)C(=O)N1CCCCC1)c1cc(-c2ccc(C(F)(F)F)cc2)ccc1O. The van der Waals surface area contributed by atoms with Crippen molar-refractivity contribution in [2.24, 2.45) is 0 Å². The van der Waals surface area contributed by atoms with E-state index in [1.165, 1.54) is 42.5 Å². The highest BCUT2D eigenvalue weighted by molar-refractivity contribution is 6.31. The van der Waals surface area contributed by atoms with E-state index in [2.05, 4.69) is 5.32 Å². The third-order valence-electron chi connectivity index (χ3n) is 7.70. The quantitative estimate of drug-likeness (QED) is 0.206. The van der Waals surface area contributed by atoms with Crippen LogP contribution in [0.25, 0.3) is 22.3 Å². The molecule has 1 aliphatic heterocycles. The van der Waals surface area contributed by atoms with E-state index >= 15 is 0 Å². The molecule has 0 aromatic heterocycles. The fraction of sp³-hybridized carbons (Fsp3) is 0.235. The maximum Gasteiger partial charge on any atom is 0.416 e. The van der Waals surface area contributed by atoms with Crippen molar-refractivity contribution in [1.82, 2.24) is 10.2 Å². The number of halogens is 5. The van der Waals surface area contributed by atoms with Gasteiger partial charge in [0.1, 0.15) is 17.6 Å². The van der Waals surface area contributed by atoms with Crippen molar-refractivity contribution in [1.29, 1.82) is 0 Å². The van der Waals surface area contributed by atoms with Gasteiger partial charge >= 0.3 is 6.18 Å². The van der Waals surface area contributed by atoms with Crippen LogP contribution in [0.4, 0.5) is 17.6 Å². The van der Waals surface area contributed by atoms with E-state index in [1.807, 2.05) is 24.3 Å². The van der Waals surface area contributed by atoms with Crippen molar-refractivity contribution >= 4 is 23.4 Å². The predicted molar refractivity (Wildman–Crippen MR) is 161 cm³/mol. The first-order chi connectivity index (χ1) is 21.0. The number of phenols is 1. The molecule has 1 aliphatic rings. The van der Waals surface area contributed by atoms with Gasteiger partial charge in [-0.15, -0.1) is 0 Å². The molecular weight excluding hydrogens is 596 g/mol. The second kappa shape index (κ2) is 13.1. The Morgan fingerprint density at radius 2 is 1.39 bits per heavy atom. The molecule has 44 heavy (non-hydrogen) atoms. The summed E-state index contributed by atoms with van der Waals surface area (Å²) in [5.74, 6) is -1.78. The summed E-state index contributed by atoms with van der Waals surface area (Å²) >= 11 is 5.93. The van der Waals surface area contributed by atoms with E-state index < -0.39 is 29.5 Å². The van der Waals surface area contributed by atoms with Crippen molar-refractivity contribution in [3.8, 4) is 28.0 Å². The summed E-state index contributed by atoms with van der Waals surface area (Å²) in [5.41, 5.74) is 2.23. The summed E-state index contributed by atoms with van der Waals surface area (Å²) in [6.07, 6.45) is -1.58. The lowest BCUT2D eigenvalue weighted by Crippen LogP contribution is -2.51. The van der Waals surface area contributed by atoms with Crippen LogP contribution >= 0.6 is 11.6 Å². The number of amides is 2. The van der Waals surface area contributed by atoms with Gasteiger partial charge in [-0.1, -0.05) is 60.1 Å². The van der Waals surface area contributed by atoms with E-state index in [0.717, 1.165) is 48.1 Å². The molecule has 5 nitrogen and oxygen atoms in total. The fourth-order valence-electron chi connectivity index (χ4n) is 5.26. The molecule has 0 aliphatic carbocycles. The molecule has 2 amide bonds. The van der Waals surface area contributed by atoms with Gasteiger partial charge in [0.25, 0.3) is 5.91 Å². The number of carbonyl (C=O) groups is 2. The standard InChI is InChI=1S/C34H29ClF4N2O3/c35-28-20-25(10-14-29(28)36)22-6-4-21(5-7-22)18-30(33(44)41-16-2-1-3-17-41)40-32(43)27-19-24(11-15-31(27)42)23-8-12-26(13-9-23)34(37,38)39/h4-15,19-20,30,42H,1-3,16-18H2,(H,40,43). The number of piperidine rings is 1. The van der Waals surface area contributed by atoms with Crippen molar-refractivity contribution < 1.29 is 32.3 Å². The Balaban J connectivity index is 1.38. The molecule has 5 rings (SSSR count). The van der Waals surface area contributed by atoms with Gasteiger partial charge < -0.3 is 15.3 Å². The smallest absolute Gasteiger partial charge is 0.416 e. The normalized spacial score (nSPS) is 14.2. The number of hydrogen-bond donors (Lipinski definition) is 2. The van der Waals surface area contributed by atoms with Gasteiger partial charge in [0.05, 0.1) is 16.1 Å². The minimum absolute atomic E-state index is 0.00660. The number of aromatic hydroxyl groups is 1. The lowest BCUT2D eigenvalue weighted by Gasteiger charge is -2.31. The summed E-state index contributed by atoms with van der Waals surface area (Å²) in [7, 11) is 0. The lowest BCUT2D eigenvalue weighted by molar-refractivity contribution is -0.137. The minimum Gasteiger partial charge on any atom is -0.507 e. The Morgan fingerprint density at radius 1 is 0.818 bits per heavy atom. The monoisotopic (exact) mass is 624 g/mol. The van der Waals surface area contributed by atoms with Gasteiger partial charge in [-0.05, 0) is 83.5 Å². The highest BCUT2D eigenvalue weighted by Crippen LogP contribution is 2.32. The van der Waals surface area contributed by atoms with Crippen LogP contribution < -0.4 is 5.32 Å². The highest BCUT2D eigenvalue weighted by atomic mass is 35.5. The topological polar surface area (TPSA) is 69.6 Å². The number of nitrogens with one attached hydrogen (secondary N) is 1. The Bertz CT molecular complexity index is 1650. The van der Waals surface area contributed by atoms with Crippen LogP contribution in [0.2, 0.25) is 5.02 Å². The molecule has 228 valence electrons. The molecular formula is C34H29ClF4N2O3. The summed E-state index contributed by atoms with van der Waals surface area (Å²) in [4.78, 5) is 28.8. The molecule has 0 spiro atoms. The van der Waals surface area contributed by atoms with Gasteiger partial charge in [0.2, 0.25) is 5.91 Å². The summed E-state index contributed by atoms with van der Waals surface area (Å²) < 4.78 is 52.6. The number of alkyl halides is 3. The first kappa shape index (κ1) is 31.1. The molecule has 1 saturated heterocycles. The largest absolute Gasteiger partial charge is 0.507 e. The van der Waals surface area contributed by atoms with Crippen LogP contribution in [0, 0.1) is 5.82 Å². The van der Waals surface area contributed by atoms with E-state index in [0.29, 0.717) is 24.2 Å². The summed E-state index contributed by atoms with van der Waals surface area (Å²) in [6.45, 7) is 1.15. The summed E-state index contributed by atoms with van der Waals surface area (Å²) in [6, 6.07) is 19.4. The van der Waals surface area contributed by atoms with Crippen molar-refractivity contribution in [3.05, 3.63) is 112 Å². The molecule has 1 heterocycles. The zero-order valence-electron chi connectivity index (χ0n) is 23.5. The molecule has 0 saturated carbocycles. The zero-order valence-corrected chi connectivity index (χ0v) is 24.3. The van der Waals surface area contributed by atoms with Crippen LogP contribution in [0.1, 0.15) is 40.7 Å². The maximum atomic E-state index is 13.6. The average molecular weight is 625 g/mol. The number of hydrogen-bond acceptors (Lipinski definition) is 3. The van der Waals surface area contributed by atoms with Crippen molar-refractivity contribution in [2.75, 3.05) is 13.1 Å². The van der Waals surface area contributed by atoms with Crippen LogP contribution in [-0.2, 0) is 17.4 Å². The molecule has 1 unspecified atom stereocenters. The summed E-state index contributed by atoms with van der Waals surface area (Å²) in [5, 5.41) is 13.3. The Labute approximate surface area is 257 Å². The predicted octanol–water partition coefficient (Wildman–Crippen LogP) is 7.89. The second-order valence-electron chi connectivity index (χ2n) is 10.7. The molecule has 0 bridgehead atoms. The van der Waals surface area contributed by atoms with Gasteiger partial charge in [-0.3, -0.25) is 9.59 Å². The number of likely N-dealkylation sites (tertiary alicyclic amines) is 1. The molecule has 0 radical (unpaired) electrons. The molecule has 4 aromatic rings. The Kier molecular flexibility index (Phi) is 9.25. The minimum atomic E-state index is -4.48. The number of benzene rings is 4. The van der Waals surface area contributed by atoms with Crippen LogP contribution in [-0.4, -0.2) is 41.0 Å². The number of nitrogens with zero attached hydrogens (tertiary/aromatic N) is 1. The molecule has 1 atom stereocenters. The van der Waals surface area contributed by atoms with E-state index in [-0.39, 0.29) is 28.7 Å². The lowest BCUT2D eigenvalue weighted by atomic mass is 9.98. The maximum absolute atomic E-state index is 13.6. The van der Waals surface area contributed by atoms with Crippen molar-refractivity contribution in [2.45, 2.75) is 37.9 Å². The van der Waals surface area contributed by atoms with Crippen LogP contribution in [0.15, 0.2) is 84.9 Å². The zero-order chi connectivity index (χ0) is 31.4. The van der Waals surface area contributed by atoms with Gasteiger partial charge in [-0.2, -0.15) is 13.2 Å². The first-order valence-electron chi connectivity index (χ1n) is 14.1. The first-order valence-corrected chi connectivity index (χ1v) is 14.5. The number of phenolic OH excluding ortho intramolecular Hbond substituents is 1. The van der Waals surface area contributed by atoms with E-state index in [4.69, 9.17) is 11.6 Å². The number of rotatable bonds is 7. The van der Waals surface area contributed by atoms with Gasteiger partial charge in [0.15, 0.2) is 0 Å². The third-order valence-corrected chi connectivity index (χ3v) is 7.99. The van der Waals surface area contributed by atoms with Gasteiger partial charge in [0, 0.05) is 19.5 Å². The Morgan fingerprint density at radius 3 is 2.00 bits per heavy atom. The third kappa shape index (κ3) is 7.22. The van der Waals surface area contributed by atoms with Crippen LogP contribution in [0.5, 0.6) is 5.75 Å². The van der Waals surface area contributed by atoms with E-state index in [9.17, 15) is 32.3 Å². The van der Waals surface area contributed by atoms with E-state index in [1.54, 1.807) is 11.0 Å². The second-order valence-corrected chi connectivity index (χ2v) is 11.2. The fourth-order valence-corrected chi connectivity index (χ4v) is 5.45. The number of carbonyl (C=O) groups excluding carboxylic acids is 2. The molecule has 1 fully saturated rings. The molecule has 2 N–H and O–H groups in total.